The number of terminal acetylenes is 1. The Labute approximate surface area is 151 Å². The fraction of sp³-hybridized carbons (Fsp3) is 0.312. The number of nitrogens with one attached hydrogen (secondary N) is 3. The molecule has 0 aliphatic carbocycles. The maximum absolute atomic E-state index is 5.29. The molecule has 0 aliphatic rings. The van der Waals surface area contributed by atoms with Crippen LogP contribution in [0.2, 0.25) is 0 Å². The number of aryl methyl sites for hydroxylation is 2. The SMILES string of the molecule is C#CCNc1nc(NCc2nccn2C)nc(NCc2nccn2C)n1. The lowest BCUT2D eigenvalue weighted by Gasteiger charge is -2.10. The third-order valence-electron chi connectivity index (χ3n) is 3.64. The van der Waals surface area contributed by atoms with Crippen molar-refractivity contribution in [2.24, 2.45) is 14.1 Å². The lowest BCUT2D eigenvalue weighted by Crippen LogP contribution is -2.14. The molecule has 0 aromatic carbocycles. The summed E-state index contributed by atoms with van der Waals surface area (Å²) in [7, 11) is 3.86. The van der Waals surface area contributed by atoms with Crippen LogP contribution in [-0.4, -0.2) is 40.6 Å². The van der Waals surface area contributed by atoms with E-state index in [0.717, 1.165) is 11.6 Å². The number of anilines is 3. The Morgan fingerprint density at radius 3 is 1.69 bits per heavy atom. The van der Waals surface area contributed by atoms with Crippen molar-refractivity contribution in [3.63, 3.8) is 0 Å². The quantitative estimate of drug-likeness (QED) is 0.506. The van der Waals surface area contributed by atoms with E-state index in [4.69, 9.17) is 6.42 Å². The van der Waals surface area contributed by atoms with Gasteiger partial charge in [0.25, 0.3) is 0 Å². The fourth-order valence-corrected chi connectivity index (χ4v) is 2.19. The van der Waals surface area contributed by atoms with Gasteiger partial charge in [0.1, 0.15) is 11.6 Å². The van der Waals surface area contributed by atoms with E-state index in [-0.39, 0.29) is 0 Å². The van der Waals surface area contributed by atoms with E-state index in [1.165, 1.54) is 0 Å². The third kappa shape index (κ3) is 4.27. The molecule has 0 saturated heterocycles. The van der Waals surface area contributed by atoms with Crippen LogP contribution in [-0.2, 0) is 27.2 Å². The highest BCUT2D eigenvalue weighted by molar-refractivity contribution is 5.42. The number of nitrogens with zero attached hydrogens (tertiary/aromatic N) is 7. The van der Waals surface area contributed by atoms with E-state index in [1.54, 1.807) is 12.4 Å². The van der Waals surface area contributed by atoms with E-state index in [9.17, 15) is 0 Å². The molecule has 26 heavy (non-hydrogen) atoms. The van der Waals surface area contributed by atoms with Crippen LogP contribution in [0.4, 0.5) is 17.8 Å². The van der Waals surface area contributed by atoms with Crippen molar-refractivity contribution in [2.75, 3.05) is 22.5 Å². The first-order valence-corrected chi connectivity index (χ1v) is 7.99. The van der Waals surface area contributed by atoms with Crippen molar-refractivity contribution < 1.29 is 0 Å². The zero-order chi connectivity index (χ0) is 18.4. The van der Waals surface area contributed by atoms with Gasteiger partial charge in [-0.2, -0.15) is 15.0 Å². The fourth-order valence-electron chi connectivity index (χ4n) is 2.19. The molecule has 10 heteroatoms. The maximum Gasteiger partial charge on any atom is 0.230 e. The lowest BCUT2D eigenvalue weighted by molar-refractivity contribution is 0.800. The van der Waals surface area contributed by atoms with Crippen LogP contribution in [0.15, 0.2) is 24.8 Å². The van der Waals surface area contributed by atoms with E-state index in [0.29, 0.717) is 37.5 Å². The lowest BCUT2D eigenvalue weighted by atomic mass is 10.5. The molecule has 0 spiro atoms. The molecule has 0 amide bonds. The zero-order valence-corrected chi connectivity index (χ0v) is 14.6. The minimum atomic E-state index is 0.321. The van der Waals surface area contributed by atoms with Gasteiger partial charge in [-0.3, -0.25) is 0 Å². The number of aromatic nitrogens is 7. The maximum atomic E-state index is 5.29. The van der Waals surface area contributed by atoms with Crippen LogP contribution in [0.25, 0.3) is 0 Å². The Morgan fingerprint density at radius 2 is 1.31 bits per heavy atom. The summed E-state index contributed by atoms with van der Waals surface area (Å²) >= 11 is 0. The Hall–Kier alpha value is -3.61. The predicted molar refractivity (Wildman–Crippen MR) is 98.2 cm³/mol. The van der Waals surface area contributed by atoms with Crippen LogP contribution in [0.3, 0.4) is 0 Å². The molecule has 3 N–H and O–H groups in total. The van der Waals surface area contributed by atoms with Gasteiger partial charge < -0.3 is 25.1 Å². The first-order valence-electron chi connectivity index (χ1n) is 7.99. The normalized spacial score (nSPS) is 10.3. The summed E-state index contributed by atoms with van der Waals surface area (Å²) in [5.41, 5.74) is 0. The van der Waals surface area contributed by atoms with E-state index in [2.05, 4.69) is 46.8 Å². The molecule has 0 saturated carbocycles. The zero-order valence-electron chi connectivity index (χ0n) is 14.6. The van der Waals surface area contributed by atoms with E-state index in [1.807, 2.05) is 35.6 Å². The van der Waals surface area contributed by atoms with Gasteiger partial charge in [0.2, 0.25) is 17.8 Å². The van der Waals surface area contributed by atoms with Crippen molar-refractivity contribution in [1.29, 1.82) is 0 Å². The summed E-state index contributed by atoms with van der Waals surface area (Å²) < 4.78 is 3.85. The number of hydrogen-bond donors (Lipinski definition) is 3. The van der Waals surface area contributed by atoms with Gasteiger partial charge in [-0.15, -0.1) is 6.42 Å². The molecule has 0 atom stereocenters. The molecule has 0 fully saturated rings. The van der Waals surface area contributed by atoms with Gasteiger partial charge in [-0.05, 0) is 0 Å². The van der Waals surface area contributed by atoms with Gasteiger partial charge in [-0.1, -0.05) is 5.92 Å². The standard InChI is InChI=1S/C16H20N10/c1-4-5-19-14-22-15(20-10-12-17-6-8-25(12)2)24-16(23-14)21-11-13-18-7-9-26(13)3/h1,6-9H,5,10-11H2,2-3H3,(H3,19,20,21,22,23,24). The second kappa shape index (κ2) is 7.98. The van der Waals surface area contributed by atoms with Crippen molar-refractivity contribution in [1.82, 2.24) is 34.1 Å². The Morgan fingerprint density at radius 1 is 0.846 bits per heavy atom. The van der Waals surface area contributed by atoms with Gasteiger partial charge in [0, 0.05) is 38.9 Å². The molecule has 3 heterocycles. The number of hydrogen-bond acceptors (Lipinski definition) is 8. The molecule has 0 unspecified atom stereocenters. The van der Waals surface area contributed by atoms with E-state index < -0.39 is 0 Å². The third-order valence-corrected chi connectivity index (χ3v) is 3.64. The molecule has 0 bridgehead atoms. The highest BCUT2D eigenvalue weighted by Crippen LogP contribution is 2.11. The first kappa shape index (κ1) is 17.2. The van der Waals surface area contributed by atoms with Gasteiger partial charge in [0.15, 0.2) is 0 Å². The molecule has 0 radical (unpaired) electrons. The molecule has 3 aromatic heterocycles. The number of imidazole rings is 2. The molecule has 3 aromatic rings. The Bertz CT molecular complexity index is 841. The molecule has 0 aliphatic heterocycles. The topological polar surface area (TPSA) is 110 Å². The predicted octanol–water partition coefficient (Wildman–Crippen LogP) is 0.608. The average molecular weight is 352 g/mol. The summed E-state index contributed by atoms with van der Waals surface area (Å²) in [4.78, 5) is 21.6. The second-order valence-electron chi connectivity index (χ2n) is 5.48. The number of rotatable bonds is 8. The molecule has 10 nitrogen and oxygen atoms in total. The molecule has 134 valence electrons. The monoisotopic (exact) mass is 352 g/mol. The summed E-state index contributed by atoms with van der Waals surface area (Å²) in [5.74, 6) is 5.47. The smallest absolute Gasteiger partial charge is 0.230 e. The second-order valence-corrected chi connectivity index (χ2v) is 5.48. The van der Waals surface area contributed by atoms with Crippen LogP contribution in [0, 0.1) is 12.3 Å². The van der Waals surface area contributed by atoms with Crippen LogP contribution in [0.5, 0.6) is 0 Å². The molecular weight excluding hydrogens is 332 g/mol. The van der Waals surface area contributed by atoms with Crippen LogP contribution in [0.1, 0.15) is 11.6 Å². The summed E-state index contributed by atoms with van der Waals surface area (Å²) in [6.45, 7) is 1.30. The van der Waals surface area contributed by atoms with E-state index >= 15 is 0 Å². The minimum Gasteiger partial charge on any atom is -0.347 e. The van der Waals surface area contributed by atoms with Gasteiger partial charge in [0.05, 0.1) is 19.6 Å². The minimum absolute atomic E-state index is 0.321. The molecular formula is C16H20N10. The van der Waals surface area contributed by atoms with Crippen molar-refractivity contribution in [3.8, 4) is 12.3 Å². The summed E-state index contributed by atoms with van der Waals surface area (Å²) in [6.07, 6.45) is 12.5. The average Bonchev–Trinajstić information content (AvgIpc) is 3.24. The summed E-state index contributed by atoms with van der Waals surface area (Å²) in [5, 5.41) is 9.27. The van der Waals surface area contributed by atoms with Crippen LogP contribution >= 0.6 is 0 Å². The Balaban J connectivity index is 1.73. The highest BCUT2D eigenvalue weighted by Gasteiger charge is 2.08. The highest BCUT2D eigenvalue weighted by atomic mass is 15.3. The Kier molecular flexibility index (Phi) is 5.28. The van der Waals surface area contributed by atoms with Gasteiger partial charge in [-0.25, -0.2) is 9.97 Å². The van der Waals surface area contributed by atoms with Crippen molar-refractivity contribution >= 4 is 17.8 Å². The molecule has 3 rings (SSSR count). The first-order chi connectivity index (χ1) is 12.7. The van der Waals surface area contributed by atoms with Crippen LogP contribution < -0.4 is 16.0 Å². The van der Waals surface area contributed by atoms with Crippen molar-refractivity contribution in [2.45, 2.75) is 13.1 Å². The van der Waals surface area contributed by atoms with Crippen molar-refractivity contribution in [3.05, 3.63) is 36.4 Å². The largest absolute Gasteiger partial charge is 0.347 e. The summed E-state index contributed by atoms with van der Waals surface area (Å²) in [6, 6.07) is 0. The van der Waals surface area contributed by atoms with Gasteiger partial charge >= 0.3 is 0 Å².